The van der Waals surface area contributed by atoms with Crippen molar-refractivity contribution in [3.63, 3.8) is 0 Å². The minimum atomic E-state index is -0.0403. The van der Waals surface area contributed by atoms with Crippen LogP contribution in [0.2, 0.25) is 0 Å². The van der Waals surface area contributed by atoms with E-state index >= 15 is 0 Å². The molecule has 0 amide bonds. The Balaban J connectivity index is 3.01. The van der Waals surface area contributed by atoms with Crippen LogP contribution in [0.5, 0.6) is 0 Å². The predicted octanol–water partition coefficient (Wildman–Crippen LogP) is 5.67. The Labute approximate surface area is 133 Å². The summed E-state index contributed by atoms with van der Waals surface area (Å²) in [5, 5.41) is 0. The van der Waals surface area contributed by atoms with Gasteiger partial charge in [-0.1, -0.05) is 93.7 Å². The summed E-state index contributed by atoms with van der Waals surface area (Å²) in [7, 11) is 0. The SMILES string of the molecule is CCCCCCCCCCCCCOC(=O)CCI. The second kappa shape index (κ2) is 16.3. The van der Waals surface area contributed by atoms with Crippen LogP contribution < -0.4 is 0 Å². The van der Waals surface area contributed by atoms with Crippen molar-refractivity contribution in [2.45, 2.75) is 84.0 Å². The number of unbranched alkanes of at least 4 members (excludes halogenated alkanes) is 10. The van der Waals surface area contributed by atoms with E-state index in [0.717, 1.165) is 10.8 Å². The molecule has 0 bridgehead atoms. The Hall–Kier alpha value is 0.200. The quantitative estimate of drug-likeness (QED) is 0.168. The third-order valence-electron chi connectivity index (χ3n) is 3.31. The van der Waals surface area contributed by atoms with Gasteiger partial charge in [-0.3, -0.25) is 4.79 Å². The molecule has 0 aromatic rings. The highest BCUT2D eigenvalue weighted by atomic mass is 127. The molecule has 0 atom stereocenters. The van der Waals surface area contributed by atoms with Gasteiger partial charge in [0.05, 0.1) is 13.0 Å². The number of hydrogen-bond donors (Lipinski definition) is 0. The molecule has 19 heavy (non-hydrogen) atoms. The van der Waals surface area contributed by atoms with E-state index in [-0.39, 0.29) is 5.97 Å². The van der Waals surface area contributed by atoms with E-state index in [9.17, 15) is 4.79 Å². The molecule has 114 valence electrons. The summed E-state index contributed by atoms with van der Waals surface area (Å²) in [4.78, 5) is 11.1. The summed E-state index contributed by atoms with van der Waals surface area (Å²) in [6.07, 6.45) is 15.2. The number of rotatable bonds is 14. The number of halogens is 1. The Morgan fingerprint density at radius 2 is 1.32 bits per heavy atom. The minimum Gasteiger partial charge on any atom is -0.466 e. The minimum absolute atomic E-state index is 0.0403. The van der Waals surface area contributed by atoms with Crippen LogP contribution in [-0.2, 0) is 9.53 Å². The molecule has 0 aromatic heterocycles. The Bertz CT molecular complexity index is 195. The van der Waals surface area contributed by atoms with Crippen molar-refractivity contribution in [3.8, 4) is 0 Å². The van der Waals surface area contributed by atoms with E-state index in [1.165, 1.54) is 64.2 Å². The molecule has 3 heteroatoms. The van der Waals surface area contributed by atoms with E-state index in [0.29, 0.717) is 13.0 Å². The van der Waals surface area contributed by atoms with Crippen LogP contribution in [0.1, 0.15) is 84.0 Å². The van der Waals surface area contributed by atoms with Gasteiger partial charge in [0.15, 0.2) is 0 Å². The maximum atomic E-state index is 11.1. The molecule has 0 rings (SSSR count). The van der Waals surface area contributed by atoms with Crippen LogP contribution in [0.3, 0.4) is 0 Å². The zero-order valence-corrected chi connectivity index (χ0v) is 14.8. The smallest absolute Gasteiger partial charge is 0.306 e. The number of carbonyl (C=O) groups is 1. The van der Waals surface area contributed by atoms with Crippen molar-refractivity contribution in [1.29, 1.82) is 0 Å². The van der Waals surface area contributed by atoms with Crippen LogP contribution in [0.25, 0.3) is 0 Å². The largest absolute Gasteiger partial charge is 0.466 e. The average molecular weight is 382 g/mol. The first-order chi connectivity index (χ1) is 9.31. The van der Waals surface area contributed by atoms with Crippen molar-refractivity contribution in [2.24, 2.45) is 0 Å². The van der Waals surface area contributed by atoms with Crippen molar-refractivity contribution in [3.05, 3.63) is 0 Å². The summed E-state index contributed by atoms with van der Waals surface area (Å²) in [6, 6.07) is 0. The van der Waals surface area contributed by atoms with E-state index in [4.69, 9.17) is 4.74 Å². The third kappa shape index (κ3) is 16.1. The molecule has 0 radical (unpaired) electrons. The van der Waals surface area contributed by atoms with Crippen molar-refractivity contribution < 1.29 is 9.53 Å². The van der Waals surface area contributed by atoms with Gasteiger partial charge in [-0.25, -0.2) is 0 Å². The van der Waals surface area contributed by atoms with Gasteiger partial charge >= 0.3 is 5.97 Å². The van der Waals surface area contributed by atoms with E-state index in [2.05, 4.69) is 29.5 Å². The fraction of sp³-hybridized carbons (Fsp3) is 0.938. The standard InChI is InChI=1S/C16H31IO2/c1-2-3-4-5-6-7-8-9-10-11-12-15-19-16(18)13-14-17/h2-15H2,1H3. The van der Waals surface area contributed by atoms with Gasteiger partial charge in [-0.15, -0.1) is 0 Å². The molecule has 0 aromatic carbocycles. The maximum absolute atomic E-state index is 11.1. The molecular formula is C16H31IO2. The molecule has 0 unspecified atom stereocenters. The Kier molecular flexibility index (Phi) is 16.4. The zero-order valence-electron chi connectivity index (χ0n) is 12.6. The molecular weight excluding hydrogens is 351 g/mol. The summed E-state index contributed by atoms with van der Waals surface area (Å²) in [6.45, 7) is 2.88. The van der Waals surface area contributed by atoms with Gasteiger partial charge in [0.2, 0.25) is 0 Å². The zero-order chi connectivity index (χ0) is 14.2. The summed E-state index contributed by atoms with van der Waals surface area (Å²) >= 11 is 2.20. The first-order valence-electron chi connectivity index (χ1n) is 8.02. The molecule has 0 N–H and O–H groups in total. The van der Waals surface area contributed by atoms with Crippen molar-refractivity contribution >= 4 is 28.6 Å². The van der Waals surface area contributed by atoms with Crippen molar-refractivity contribution in [2.75, 3.05) is 11.0 Å². The normalized spacial score (nSPS) is 10.6. The number of ether oxygens (including phenoxy) is 1. The van der Waals surface area contributed by atoms with Crippen molar-refractivity contribution in [1.82, 2.24) is 0 Å². The number of carbonyl (C=O) groups excluding carboxylic acids is 1. The fourth-order valence-corrected chi connectivity index (χ4v) is 2.54. The highest BCUT2D eigenvalue weighted by molar-refractivity contribution is 14.1. The van der Waals surface area contributed by atoms with Gasteiger partial charge < -0.3 is 4.74 Å². The number of hydrogen-bond acceptors (Lipinski definition) is 2. The van der Waals surface area contributed by atoms with Crippen LogP contribution in [-0.4, -0.2) is 17.0 Å². The predicted molar refractivity (Wildman–Crippen MR) is 90.9 cm³/mol. The molecule has 0 saturated heterocycles. The molecule has 0 spiro atoms. The van der Waals surface area contributed by atoms with Gasteiger partial charge in [0.25, 0.3) is 0 Å². The van der Waals surface area contributed by atoms with Gasteiger partial charge in [-0.05, 0) is 6.42 Å². The van der Waals surface area contributed by atoms with Gasteiger partial charge in [-0.2, -0.15) is 0 Å². The fourth-order valence-electron chi connectivity index (χ4n) is 2.10. The van der Waals surface area contributed by atoms with Crippen LogP contribution in [0, 0.1) is 0 Å². The number of esters is 1. The van der Waals surface area contributed by atoms with E-state index < -0.39 is 0 Å². The average Bonchev–Trinajstić information content (AvgIpc) is 2.40. The molecule has 0 saturated carbocycles. The third-order valence-corrected chi connectivity index (χ3v) is 3.85. The highest BCUT2D eigenvalue weighted by Crippen LogP contribution is 2.11. The highest BCUT2D eigenvalue weighted by Gasteiger charge is 2.00. The Morgan fingerprint density at radius 1 is 0.842 bits per heavy atom. The number of alkyl halides is 1. The van der Waals surface area contributed by atoms with Crippen LogP contribution in [0.4, 0.5) is 0 Å². The maximum Gasteiger partial charge on any atom is 0.306 e. The lowest BCUT2D eigenvalue weighted by atomic mass is 10.1. The molecule has 2 nitrogen and oxygen atoms in total. The van der Waals surface area contributed by atoms with Gasteiger partial charge in [0.1, 0.15) is 0 Å². The molecule has 0 aliphatic rings. The lowest BCUT2D eigenvalue weighted by molar-refractivity contribution is -0.143. The van der Waals surface area contributed by atoms with Crippen LogP contribution >= 0.6 is 22.6 Å². The first kappa shape index (κ1) is 19.2. The van der Waals surface area contributed by atoms with E-state index in [1.807, 2.05) is 0 Å². The second-order valence-corrected chi connectivity index (χ2v) is 6.27. The van der Waals surface area contributed by atoms with Crippen LogP contribution in [0.15, 0.2) is 0 Å². The molecule has 0 aliphatic heterocycles. The second-order valence-electron chi connectivity index (χ2n) is 5.19. The summed E-state index contributed by atoms with van der Waals surface area (Å²) < 4.78 is 5.98. The Morgan fingerprint density at radius 3 is 1.79 bits per heavy atom. The van der Waals surface area contributed by atoms with Gasteiger partial charge in [0, 0.05) is 4.43 Å². The molecule has 0 heterocycles. The molecule has 0 aliphatic carbocycles. The monoisotopic (exact) mass is 382 g/mol. The molecule has 0 fully saturated rings. The lowest BCUT2D eigenvalue weighted by Crippen LogP contribution is -2.05. The summed E-state index contributed by atoms with van der Waals surface area (Å²) in [5.41, 5.74) is 0. The topological polar surface area (TPSA) is 26.3 Å². The lowest BCUT2D eigenvalue weighted by Gasteiger charge is -2.04. The van der Waals surface area contributed by atoms with E-state index in [1.54, 1.807) is 0 Å². The first-order valence-corrected chi connectivity index (χ1v) is 9.55. The summed E-state index contributed by atoms with van der Waals surface area (Å²) in [5.74, 6) is -0.0403.